The molecule has 146 valence electrons. The molecule has 0 fully saturated rings. The second kappa shape index (κ2) is 8.00. The molecule has 1 heterocycles. The Morgan fingerprint density at radius 2 is 1.79 bits per heavy atom. The van der Waals surface area contributed by atoms with Crippen LogP contribution in [0.25, 0.3) is 23.4 Å². The van der Waals surface area contributed by atoms with Crippen molar-refractivity contribution in [1.29, 1.82) is 0 Å². The van der Waals surface area contributed by atoms with Gasteiger partial charge in [0, 0.05) is 15.7 Å². The first-order valence-corrected chi connectivity index (χ1v) is 10.5. The average Bonchev–Trinajstić information content (AvgIpc) is 2.74. The molecule has 1 aliphatic carbocycles. The van der Waals surface area contributed by atoms with E-state index in [2.05, 4.69) is 60.0 Å². The van der Waals surface area contributed by atoms with Gasteiger partial charge < -0.3 is 5.73 Å². The molecule has 0 bridgehead atoms. The molecule has 4 rings (SSSR count). The Labute approximate surface area is 174 Å². The Bertz CT molecular complexity index is 1240. The summed E-state index contributed by atoms with van der Waals surface area (Å²) in [5, 5.41) is 2.19. The minimum Gasteiger partial charge on any atom is -0.397 e. The number of nitrogens with zero attached hydrogens (tertiary/aromatic N) is 1. The number of aryl methyl sites for hydroxylation is 2. The summed E-state index contributed by atoms with van der Waals surface area (Å²) in [5.74, 6) is 0. The van der Waals surface area contributed by atoms with E-state index in [-0.39, 0.29) is 0 Å². The van der Waals surface area contributed by atoms with Crippen molar-refractivity contribution in [3.05, 3.63) is 64.2 Å². The highest BCUT2D eigenvalue weighted by Gasteiger charge is 2.09. The number of anilines is 3. The smallest absolute Gasteiger partial charge is 0.0790 e. The molecule has 0 radical (unpaired) electrons. The van der Waals surface area contributed by atoms with Crippen LogP contribution >= 0.6 is 11.2 Å². The average molecular weight is 401 g/mol. The summed E-state index contributed by atoms with van der Waals surface area (Å²) in [6, 6.07) is 12.4. The molecule has 0 aliphatic heterocycles. The summed E-state index contributed by atoms with van der Waals surface area (Å²) in [7, 11) is 0. The molecule has 1 aromatic heterocycles. The topological polar surface area (TPSA) is 63.0 Å². The molecule has 29 heavy (non-hydrogen) atoms. The van der Waals surface area contributed by atoms with Gasteiger partial charge in [0.1, 0.15) is 0 Å². The van der Waals surface area contributed by atoms with Crippen molar-refractivity contribution in [2.75, 3.05) is 16.6 Å². The van der Waals surface area contributed by atoms with Crippen LogP contribution in [0.4, 0.5) is 17.1 Å². The lowest BCUT2D eigenvalue weighted by atomic mass is 10.0. The first-order valence-electron chi connectivity index (χ1n) is 9.62. The Kier molecular flexibility index (Phi) is 5.26. The quantitative estimate of drug-likeness (QED) is 0.448. The van der Waals surface area contributed by atoms with Gasteiger partial charge in [0.2, 0.25) is 0 Å². The van der Waals surface area contributed by atoms with Crippen LogP contribution in [0.1, 0.15) is 24.0 Å². The molecule has 0 unspecified atom stereocenters. The van der Waals surface area contributed by atoms with Gasteiger partial charge >= 0.3 is 0 Å². The van der Waals surface area contributed by atoms with Gasteiger partial charge in [-0.15, -0.1) is 16.9 Å². The number of nitrogen functional groups attached to an aromatic ring is 1. The Morgan fingerprint density at radius 1 is 1.00 bits per heavy atom. The first-order chi connectivity index (χ1) is 14.1. The zero-order valence-corrected chi connectivity index (χ0v) is 17.4. The molecule has 2 aromatic carbocycles. The van der Waals surface area contributed by atoms with Crippen LogP contribution in [-0.2, 0) is 0 Å². The Hall–Kier alpha value is -3.27. The number of hydrogen-bond acceptors (Lipinski definition) is 4. The van der Waals surface area contributed by atoms with E-state index >= 15 is 0 Å². The third-order valence-corrected chi connectivity index (χ3v) is 5.76. The van der Waals surface area contributed by atoms with Gasteiger partial charge in [-0.1, -0.05) is 35.9 Å². The Balaban J connectivity index is 1.57. The van der Waals surface area contributed by atoms with Crippen molar-refractivity contribution in [3.8, 4) is 16.9 Å². The van der Waals surface area contributed by atoms with Crippen molar-refractivity contribution in [2.24, 2.45) is 0 Å². The van der Waals surface area contributed by atoms with Gasteiger partial charge in [-0.05, 0) is 55.7 Å². The third-order valence-electron chi connectivity index (χ3n) is 5.16. The van der Waals surface area contributed by atoms with Crippen LogP contribution < -0.4 is 27.0 Å². The third kappa shape index (κ3) is 3.83. The molecule has 0 amide bonds. The predicted octanol–water partition coefficient (Wildman–Crippen LogP) is 4.42. The zero-order valence-electron chi connectivity index (χ0n) is 16.6. The molecular formula is C24H24N4S. The number of nitrogens with two attached hydrogens (primary N) is 1. The second-order valence-electron chi connectivity index (χ2n) is 7.27. The SMILES string of the molecule is C#Sc1cc(NNc2ccc(-c3ccc(C)cc3C)nc2)c(N)c2c1=CCCC=2. The minimum atomic E-state index is 0.723. The number of rotatable bonds is 4. The Morgan fingerprint density at radius 3 is 2.48 bits per heavy atom. The summed E-state index contributed by atoms with van der Waals surface area (Å²) in [5.41, 5.74) is 25.6. The molecule has 0 saturated carbocycles. The van der Waals surface area contributed by atoms with E-state index < -0.39 is 0 Å². The van der Waals surface area contributed by atoms with Gasteiger partial charge in [0.25, 0.3) is 0 Å². The van der Waals surface area contributed by atoms with Gasteiger partial charge in [-0.2, -0.15) is 0 Å². The van der Waals surface area contributed by atoms with Crippen molar-refractivity contribution in [1.82, 2.24) is 4.98 Å². The van der Waals surface area contributed by atoms with E-state index in [4.69, 9.17) is 11.4 Å². The van der Waals surface area contributed by atoms with Crippen LogP contribution in [0.3, 0.4) is 0 Å². The van der Waals surface area contributed by atoms with E-state index in [0.29, 0.717) is 0 Å². The number of hydrazine groups is 1. The molecule has 1 aliphatic rings. The molecule has 0 spiro atoms. The lowest BCUT2D eigenvalue weighted by Gasteiger charge is -2.15. The fraction of sp³-hybridized carbons (Fsp3) is 0.167. The second-order valence-corrected chi connectivity index (χ2v) is 7.94. The molecule has 0 atom stereocenters. The highest BCUT2D eigenvalue weighted by molar-refractivity contribution is 7.88. The minimum absolute atomic E-state index is 0.723. The lowest BCUT2D eigenvalue weighted by molar-refractivity contribution is 1.10. The largest absolute Gasteiger partial charge is 0.397 e. The summed E-state index contributed by atoms with van der Waals surface area (Å²) in [6.45, 7) is 4.21. The highest BCUT2D eigenvalue weighted by Crippen LogP contribution is 2.24. The number of hydrogen-bond donors (Lipinski definition) is 3. The predicted molar refractivity (Wildman–Crippen MR) is 125 cm³/mol. The van der Waals surface area contributed by atoms with E-state index in [1.807, 2.05) is 24.4 Å². The van der Waals surface area contributed by atoms with Crippen LogP contribution in [0.5, 0.6) is 0 Å². The molecule has 4 nitrogen and oxygen atoms in total. The van der Waals surface area contributed by atoms with Crippen molar-refractivity contribution in [2.45, 2.75) is 31.6 Å². The van der Waals surface area contributed by atoms with Gasteiger partial charge in [-0.3, -0.25) is 15.8 Å². The fourth-order valence-electron chi connectivity index (χ4n) is 3.66. The molecule has 3 aromatic rings. The number of pyridine rings is 1. The maximum atomic E-state index is 6.40. The molecule has 4 N–H and O–H groups in total. The summed E-state index contributed by atoms with van der Waals surface area (Å²) in [6.07, 6.45) is 8.20. The summed E-state index contributed by atoms with van der Waals surface area (Å²) in [4.78, 5) is 5.62. The van der Waals surface area contributed by atoms with E-state index in [0.717, 1.165) is 56.5 Å². The van der Waals surface area contributed by atoms with E-state index in [1.54, 1.807) is 0 Å². The van der Waals surface area contributed by atoms with Gasteiger partial charge in [-0.25, -0.2) is 0 Å². The number of aromatic nitrogens is 1. The standard InChI is InChI=1S/C24H24N4S/c1-15-8-10-18(16(2)12-15)21-11-9-17(14-26-21)27-28-22-13-23(29-3)19-6-4-5-7-20(19)24(22)25/h3,6-14,27-28H,4-5,25H2,1-2H3. The van der Waals surface area contributed by atoms with E-state index in [1.165, 1.54) is 22.3 Å². The molecular weight excluding hydrogens is 376 g/mol. The van der Waals surface area contributed by atoms with Crippen LogP contribution in [-0.4, -0.2) is 4.98 Å². The van der Waals surface area contributed by atoms with Crippen LogP contribution in [0, 0.1) is 19.5 Å². The van der Waals surface area contributed by atoms with Crippen LogP contribution in [0.2, 0.25) is 0 Å². The lowest BCUT2D eigenvalue weighted by Crippen LogP contribution is -2.32. The summed E-state index contributed by atoms with van der Waals surface area (Å²) >= 11 is 1.24. The number of benzene rings is 2. The monoisotopic (exact) mass is 400 g/mol. The van der Waals surface area contributed by atoms with Gasteiger partial charge in [0.15, 0.2) is 0 Å². The fourth-order valence-corrected chi connectivity index (χ4v) is 4.17. The number of fused-ring (bicyclic) bond motifs is 1. The van der Waals surface area contributed by atoms with Crippen molar-refractivity contribution < 1.29 is 0 Å². The maximum Gasteiger partial charge on any atom is 0.0790 e. The normalized spacial score (nSPS) is 12.3. The number of nitrogens with one attached hydrogen (secondary N) is 2. The van der Waals surface area contributed by atoms with Gasteiger partial charge in [0.05, 0.1) is 29.0 Å². The van der Waals surface area contributed by atoms with Crippen molar-refractivity contribution in [3.63, 3.8) is 0 Å². The van der Waals surface area contributed by atoms with Crippen molar-refractivity contribution >= 4 is 40.4 Å². The van der Waals surface area contributed by atoms with Crippen LogP contribution in [0.15, 0.2) is 47.5 Å². The zero-order chi connectivity index (χ0) is 20.4. The van der Waals surface area contributed by atoms with E-state index in [9.17, 15) is 0 Å². The summed E-state index contributed by atoms with van der Waals surface area (Å²) < 4.78 is 0. The highest BCUT2D eigenvalue weighted by atomic mass is 32.1. The maximum absolute atomic E-state index is 6.40. The molecule has 5 heteroatoms. The molecule has 0 saturated heterocycles. The first kappa shape index (κ1) is 19.1.